The second-order valence-electron chi connectivity index (χ2n) is 8.48. The quantitative estimate of drug-likeness (QED) is 0.336. The van der Waals surface area contributed by atoms with Gasteiger partial charge in [0.15, 0.2) is 0 Å². The van der Waals surface area contributed by atoms with E-state index in [1.54, 1.807) is 0 Å². The van der Waals surface area contributed by atoms with Gasteiger partial charge in [-0.15, -0.1) is 0 Å². The van der Waals surface area contributed by atoms with Crippen molar-refractivity contribution in [2.75, 3.05) is 0 Å². The first-order chi connectivity index (χ1) is 13.0. The third kappa shape index (κ3) is 9.17. The van der Waals surface area contributed by atoms with Crippen molar-refractivity contribution < 1.29 is 13.2 Å². The lowest BCUT2D eigenvalue weighted by Crippen LogP contribution is -2.13. The maximum atomic E-state index is 12.3. The van der Waals surface area contributed by atoms with Crippen LogP contribution in [0.5, 0.6) is 0 Å². The van der Waals surface area contributed by atoms with Gasteiger partial charge in [-0.1, -0.05) is 82.6 Å². The van der Waals surface area contributed by atoms with Crippen LogP contribution in [0.2, 0.25) is 0 Å². The fraction of sp³-hybridized carbons (Fsp3) is 0.750. The monoisotopic (exact) mass is 382 g/mol. The zero-order valence-electron chi connectivity index (χ0n) is 17.0. The second-order valence-corrected chi connectivity index (χ2v) is 8.48. The third-order valence-corrected chi connectivity index (χ3v) is 6.21. The summed E-state index contributed by atoms with van der Waals surface area (Å²) in [6.07, 6.45) is 11.5. The molecule has 154 valence electrons. The van der Waals surface area contributed by atoms with Crippen LogP contribution in [0.25, 0.3) is 0 Å². The van der Waals surface area contributed by atoms with Gasteiger partial charge in [-0.05, 0) is 55.1 Å². The standard InChI is InChI=1S/C24H37F3/c1-2-3-4-5-6-7-8-9-20-10-14-22(15-11-20)23-16-12-21(13-17-23)18-19-24(25,26)27/h12-13,16-17,20,22H,2-11,14-15,18-19H2,1H3/t20-,22-. The molecule has 3 heteroatoms. The Bertz CT molecular complexity index is 495. The largest absolute Gasteiger partial charge is 0.389 e. The van der Waals surface area contributed by atoms with Crippen molar-refractivity contribution in [2.45, 2.75) is 109 Å². The van der Waals surface area contributed by atoms with Gasteiger partial charge >= 0.3 is 6.18 Å². The molecule has 1 aliphatic carbocycles. The molecular formula is C24H37F3. The lowest BCUT2D eigenvalue weighted by atomic mass is 9.77. The Balaban J connectivity index is 1.62. The lowest BCUT2D eigenvalue weighted by Gasteiger charge is -2.29. The Morgan fingerprint density at radius 1 is 0.815 bits per heavy atom. The van der Waals surface area contributed by atoms with Gasteiger partial charge in [0.05, 0.1) is 0 Å². The highest BCUT2D eigenvalue weighted by Gasteiger charge is 2.26. The van der Waals surface area contributed by atoms with E-state index in [9.17, 15) is 13.2 Å². The van der Waals surface area contributed by atoms with E-state index in [0.717, 1.165) is 11.5 Å². The fourth-order valence-electron chi connectivity index (χ4n) is 4.42. The van der Waals surface area contributed by atoms with E-state index in [-0.39, 0.29) is 6.42 Å². The van der Waals surface area contributed by atoms with Gasteiger partial charge < -0.3 is 0 Å². The molecule has 0 nitrogen and oxygen atoms in total. The maximum absolute atomic E-state index is 12.3. The fourth-order valence-corrected chi connectivity index (χ4v) is 4.42. The van der Waals surface area contributed by atoms with Gasteiger partial charge in [0, 0.05) is 6.42 Å². The Kier molecular flexibility index (Phi) is 9.72. The molecule has 0 unspecified atom stereocenters. The molecule has 2 rings (SSSR count). The highest BCUT2D eigenvalue weighted by molar-refractivity contribution is 5.26. The SMILES string of the molecule is CCCCCCCCC[C@H]1CC[C@H](c2ccc(CCC(F)(F)F)cc2)CC1. The molecule has 0 N–H and O–H groups in total. The summed E-state index contributed by atoms with van der Waals surface area (Å²) in [5.74, 6) is 1.50. The molecule has 1 saturated carbocycles. The van der Waals surface area contributed by atoms with Gasteiger partial charge in [-0.2, -0.15) is 13.2 Å². The van der Waals surface area contributed by atoms with Crippen LogP contribution in [0.1, 0.15) is 107 Å². The first-order valence-electron chi connectivity index (χ1n) is 11.1. The van der Waals surface area contributed by atoms with Crippen molar-refractivity contribution in [3.63, 3.8) is 0 Å². The van der Waals surface area contributed by atoms with E-state index in [0.29, 0.717) is 5.92 Å². The summed E-state index contributed by atoms with van der Waals surface area (Å²) in [6.45, 7) is 2.26. The molecule has 1 aromatic carbocycles. The molecule has 27 heavy (non-hydrogen) atoms. The predicted octanol–water partition coefficient (Wildman–Crippen LogP) is 8.60. The molecule has 0 radical (unpaired) electrons. The van der Waals surface area contributed by atoms with Crippen LogP contribution in [0.15, 0.2) is 24.3 Å². The first-order valence-corrected chi connectivity index (χ1v) is 11.1. The Morgan fingerprint density at radius 3 is 2.00 bits per heavy atom. The Labute approximate surface area is 163 Å². The Morgan fingerprint density at radius 2 is 1.41 bits per heavy atom. The molecule has 1 aromatic rings. The average molecular weight is 383 g/mol. The van der Waals surface area contributed by atoms with Crippen molar-refractivity contribution in [3.05, 3.63) is 35.4 Å². The molecule has 0 atom stereocenters. The minimum absolute atomic E-state index is 0.0922. The zero-order valence-corrected chi connectivity index (χ0v) is 17.0. The van der Waals surface area contributed by atoms with Crippen LogP contribution in [0, 0.1) is 5.92 Å². The normalized spacial score (nSPS) is 20.7. The minimum atomic E-state index is -4.06. The van der Waals surface area contributed by atoms with E-state index in [1.807, 2.05) is 12.1 Å². The van der Waals surface area contributed by atoms with Gasteiger partial charge in [0.1, 0.15) is 0 Å². The van der Waals surface area contributed by atoms with E-state index in [4.69, 9.17) is 0 Å². The number of benzene rings is 1. The summed E-state index contributed by atoms with van der Waals surface area (Å²) in [5.41, 5.74) is 2.11. The predicted molar refractivity (Wildman–Crippen MR) is 108 cm³/mol. The number of halogens is 3. The molecule has 0 bridgehead atoms. The summed E-state index contributed by atoms with van der Waals surface area (Å²) in [7, 11) is 0. The zero-order chi connectivity index (χ0) is 19.5. The summed E-state index contributed by atoms with van der Waals surface area (Å²) in [4.78, 5) is 0. The van der Waals surface area contributed by atoms with Crippen molar-refractivity contribution in [3.8, 4) is 0 Å². The lowest BCUT2D eigenvalue weighted by molar-refractivity contribution is -0.133. The van der Waals surface area contributed by atoms with Crippen molar-refractivity contribution >= 4 is 0 Å². The topological polar surface area (TPSA) is 0 Å². The molecule has 0 spiro atoms. The van der Waals surface area contributed by atoms with Crippen molar-refractivity contribution in [2.24, 2.45) is 5.92 Å². The van der Waals surface area contributed by atoms with Gasteiger partial charge in [0.2, 0.25) is 0 Å². The molecular weight excluding hydrogens is 345 g/mol. The average Bonchev–Trinajstić information content (AvgIpc) is 2.66. The number of hydrogen-bond acceptors (Lipinski definition) is 0. The maximum Gasteiger partial charge on any atom is 0.389 e. The molecule has 1 fully saturated rings. The molecule has 1 aliphatic rings. The third-order valence-electron chi connectivity index (χ3n) is 6.21. The number of hydrogen-bond donors (Lipinski definition) is 0. The van der Waals surface area contributed by atoms with Crippen LogP contribution in [0.4, 0.5) is 13.2 Å². The number of alkyl halides is 3. The summed E-state index contributed by atoms with van der Waals surface area (Å²) in [5, 5.41) is 0. The van der Waals surface area contributed by atoms with E-state index in [1.165, 1.54) is 82.6 Å². The highest BCUT2D eigenvalue weighted by atomic mass is 19.4. The Hall–Kier alpha value is -0.990. The molecule has 0 aliphatic heterocycles. The van der Waals surface area contributed by atoms with Crippen LogP contribution < -0.4 is 0 Å². The molecule has 0 heterocycles. The molecule has 0 aromatic heterocycles. The van der Waals surface area contributed by atoms with E-state index < -0.39 is 12.6 Å². The van der Waals surface area contributed by atoms with Crippen LogP contribution in [-0.2, 0) is 6.42 Å². The number of aryl methyl sites for hydroxylation is 1. The van der Waals surface area contributed by atoms with E-state index >= 15 is 0 Å². The van der Waals surface area contributed by atoms with Crippen LogP contribution in [0.3, 0.4) is 0 Å². The molecule has 0 amide bonds. The van der Waals surface area contributed by atoms with Gasteiger partial charge in [-0.25, -0.2) is 0 Å². The highest BCUT2D eigenvalue weighted by Crippen LogP contribution is 2.38. The van der Waals surface area contributed by atoms with Crippen LogP contribution >= 0.6 is 0 Å². The van der Waals surface area contributed by atoms with E-state index in [2.05, 4.69) is 19.1 Å². The number of unbranched alkanes of at least 4 members (excludes halogenated alkanes) is 6. The van der Waals surface area contributed by atoms with Gasteiger partial charge in [-0.3, -0.25) is 0 Å². The minimum Gasteiger partial charge on any atom is -0.171 e. The smallest absolute Gasteiger partial charge is 0.171 e. The van der Waals surface area contributed by atoms with Crippen molar-refractivity contribution in [1.29, 1.82) is 0 Å². The molecule has 0 saturated heterocycles. The second kappa shape index (κ2) is 11.8. The van der Waals surface area contributed by atoms with Crippen molar-refractivity contribution in [1.82, 2.24) is 0 Å². The summed E-state index contributed by atoms with van der Waals surface area (Å²) in [6, 6.07) is 7.91. The number of rotatable bonds is 11. The first kappa shape index (κ1) is 22.3. The van der Waals surface area contributed by atoms with Gasteiger partial charge in [0.25, 0.3) is 0 Å². The summed E-state index contributed by atoms with van der Waals surface area (Å²) < 4.78 is 37.0. The van der Waals surface area contributed by atoms with Crippen LogP contribution in [-0.4, -0.2) is 6.18 Å². The summed E-state index contributed by atoms with van der Waals surface area (Å²) >= 11 is 0.